The van der Waals surface area contributed by atoms with Gasteiger partial charge in [0.05, 0.1) is 5.69 Å². The summed E-state index contributed by atoms with van der Waals surface area (Å²) in [4.78, 5) is 11.0. The molecule has 0 radical (unpaired) electrons. The molecular weight excluding hydrogens is 359 g/mol. The third kappa shape index (κ3) is 4.51. The molecule has 0 bridgehead atoms. The molecule has 150 valence electrons. The Kier molecular flexibility index (Phi) is 6.30. The highest BCUT2D eigenvalue weighted by Gasteiger charge is 2.31. The first kappa shape index (κ1) is 19.9. The molecule has 2 aliphatic heterocycles. The summed E-state index contributed by atoms with van der Waals surface area (Å²) >= 11 is 0. The summed E-state index contributed by atoms with van der Waals surface area (Å²) in [6.45, 7) is 9.50. The number of nitrogens with zero attached hydrogens (tertiary/aromatic N) is 3. The maximum absolute atomic E-state index is 14.1. The van der Waals surface area contributed by atoms with Crippen molar-refractivity contribution in [3.8, 4) is 0 Å². The predicted molar refractivity (Wildman–Crippen MR) is 110 cm³/mol. The normalized spacial score (nSPS) is 20.7. The largest absolute Gasteiger partial charge is 0.403 e. The van der Waals surface area contributed by atoms with Gasteiger partial charge < -0.3 is 21.1 Å². The molecule has 0 atom stereocenters. The first-order chi connectivity index (χ1) is 13.5. The molecule has 0 spiro atoms. The van der Waals surface area contributed by atoms with E-state index in [1.807, 2.05) is 18.7 Å². The van der Waals surface area contributed by atoms with Gasteiger partial charge in [0.15, 0.2) is 5.84 Å². The quantitative estimate of drug-likeness (QED) is 0.724. The van der Waals surface area contributed by atoms with E-state index in [4.69, 9.17) is 10.5 Å². The Labute approximate surface area is 164 Å². The van der Waals surface area contributed by atoms with Gasteiger partial charge in [-0.1, -0.05) is 18.7 Å². The minimum Gasteiger partial charge on any atom is -0.403 e. The lowest BCUT2D eigenvalue weighted by Crippen LogP contribution is -2.42. The minimum atomic E-state index is -0.358. The maximum Gasteiger partial charge on any atom is 0.210 e. The molecule has 1 saturated heterocycles. The third-order valence-electron chi connectivity index (χ3n) is 4.54. The van der Waals surface area contributed by atoms with Crippen LogP contribution in [-0.4, -0.2) is 42.0 Å². The highest BCUT2D eigenvalue weighted by molar-refractivity contribution is 6.18. The molecule has 0 unspecified atom stereocenters. The fourth-order valence-electron chi connectivity index (χ4n) is 3.16. The lowest BCUT2D eigenvalue weighted by molar-refractivity contribution is 0.0803. The SMILES string of the molecule is C=C(/N=C1\C(=C/N)N=C(Nc2ccccc2F)N1C(C)C)NC1CCOCC1. The summed E-state index contributed by atoms with van der Waals surface area (Å²) in [7, 11) is 0. The molecule has 0 aromatic heterocycles. The second-order valence-corrected chi connectivity index (χ2v) is 6.97. The van der Waals surface area contributed by atoms with Crippen molar-refractivity contribution in [2.75, 3.05) is 18.5 Å². The van der Waals surface area contributed by atoms with Crippen molar-refractivity contribution < 1.29 is 9.13 Å². The molecule has 28 heavy (non-hydrogen) atoms. The Balaban J connectivity index is 1.82. The van der Waals surface area contributed by atoms with Crippen molar-refractivity contribution in [1.29, 1.82) is 0 Å². The summed E-state index contributed by atoms with van der Waals surface area (Å²) in [5.74, 6) is 1.22. The molecule has 2 aliphatic rings. The number of nitrogens with two attached hydrogens (primary N) is 1. The highest BCUT2D eigenvalue weighted by Crippen LogP contribution is 2.23. The molecule has 0 amide bonds. The molecule has 1 fully saturated rings. The van der Waals surface area contributed by atoms with Crippen molar-refractivity contribution in [2.24, 2.45) is 15.7 Å². The van der Waals surface area contributed by atoms with Crippen molar-refractivity contribution in [3.05, 3.63) is 54.4 Å². The van der Waals surface area contributed by atoms with Gasteiger partial charge in [-0.05, 0) is 38.8 Å². The zero-order valence-electron chi connectivity index (χ0n) is 16.3. The van der Waals surface area contributed by atoms with E-state index in [0.717, 1.165) is 26.1 Å². The van der Waals surface area contributed by atoms with Crippen LogP contribution in [0.5, 0.6) is 0 Å². The van der Waals surface area contributed by atoms with E-state index < -0.39 is 0 Å². The molecule has 8 heteroatoms. The van der Waals surface area contributed by atoms with E-state index in [1.165, 1.54) is 12.3 Å². The van der Waals surface area contributed by atoms with E-state index in [0.29, 0.717) is 29.0 Å². The molecular formula is C20H27FN6O. The Hall–Kier alpha value is -2.87. The van der Waals surface area contributed by atoms with Crippen LogP contribution < -0.4 is 16.4 Å². The van der Waals surface area contributed by atoms with Gasteiger partial charge in [0.1, 0.15) is 17.3 Å². The summed E-state index contributed by atoms with van der Waals surface area (Å²) < 4.78 is 19.5. The molecule has 0 saturated carbocycles. The number of benzene rings is 1. The van der Waals surface area contributed by atoms with Gasteiger partial charge in [0.2, 0.25) is 5.96 Å². The van der Waals surface area contributed by atoms with Gasteiger partial charge in [-0.3, -0.25) is 4.90 Å². The zero-order valence-corrected chi connectivity index (χ0v) is 16.3. The van der Waals surface area contributed by atoms with Gasteiger partial charge in [0.25, 0.3) is 0 Å². The van der Waals surface area contributed by atoms with E-state index >= 15 is 0 Å². The topological polar surface area (TPSA) is 87.3 Å². The summed E-state index contributed by atoms with van der Waals surface area (Å²) in [5.41, 5.74) is 6.63. The van der Waals surface area contributed by atoms with Crippen LogP contribution in [0.4, 0.5) is 10.1 Å². The smallest absolute Gasteiger partial charge is 0.210 e. The maximum atomic E-state index is 14.1. The van der Waals surface area contributed by atoms with Crippen molar-refractivity contribution in [1.82, 2.24) is 10.2 Å². The Morgan fingerprint density at radius 1 is 1.39 bits per heavy atom. The van der Waals surface area contributed by atoms with Crippen LogP contribution in [0.1, 0.15) is 26.7 Å². The first-order valence-corrected chi connectivity index (χ1v) is 9.43. The van der Waals surface area contributed by atoms with Crippen molar-refractivity contribution >= 4 is 17.5 Å². The van der Waals surface area contributed by atoms with Gasteiger partial charge in [-0.2, -0.15) is 0 Å². The highest BCUT2D eigenvalue weighted by atomic mass is 19.1. The molecule has 7 nitrogen and oxygen atoms in total. The Morgan fingerprint density at radius 3 is 2.75 bits per heavy atom. The number of para-hydroxylation sites is 1. The van der Waals surface area contributed by atoms with Crippen LogP contribution in [0, 0.1) is 5.82 Å². The standard InChI is InChI=1S/C20H27FN6O/c1-13(2)27-19(24-14(3)23-15-8-10-28-11-9-15)18(12-22)26-20(27)25-17-7-5-4-6-16(17)21/h4-7,12-13,15,23H,3,8-11,22H2,1-2H3,(H,25,26)/b18-12+,24-19+. The van der Waals surface area contributed by atoms with Crippen molar-refractivity contribution in [2.45, 2.75) is 38.8 Å². The average molecular weight is 386 g/mol. The number of halogens is 1. The lowest BCUT2D eigenvalue weighted by atomic mass is 10.1. The van der Waals surface area contributed by atoms with E-state index in [2.05, 4.69) is 27.2 Å². The monoisotopic (exact) mass is 386 g/mol. The second-order valence-electron chi connectivity index (χ2n) is 6.97. The van der Waals surface area contributed by atoms with Gasteiger partial charge >= 0.3 is 0 Å². The number of rotatable bonds is 5. The summed E-state index contributed by atoms with van der Waals surface area (Å²) in [6, 6.07) is 6.75. The Bertz CT molecular complexity index is 811. The fourth-order valence-corrected chi connectivity index (χ4v) is 3.16. The number of ether oxygens (including phenoxy) is 1. The molecule has 0 aliphatic carbocycles. The number of aliphatic imine (C=N–C) groups is 2. The van der Waals surface area contributed by atoms with Crippen LogP contribution in [0.25, 0.3) is 0 Å². The number of hydrogen-bond acceptors (Lipinski definition) is 6. The minimum absolute atomic E-state index is 0.0186. The van der Waals surface area contributed by atoms with Crippen molar-refractivity contribution in [3.63, 3.8) is 0 Å². The van der Waals surface area contributed by atoms with Gasteiger partial charge in [0, 0.05) is 31.5 Å². The second kappa shape index (κ2) is 8.88. The third-order valence-corrected chi connectivity index (χ3v) is 4.54. The van der Waals surface area contributed by atoms with Gasteiger partial charge in [-0.15, -0.1) is 0 Å². The van der Waals surface area contributed by atoms with Crippen LogP contribution in [0.2, 0.25) is 0 Å². The van der Waals surface area contributed by atoms with Crippen LogP contribution in [0.3, 0.4) is 0 Å². The van der Waals surface area contributed by atoms with Crippen LogP contribution >= 0.6 is 0 Å². The molecule has 2 heterocycles. The fraction of sp³-hybridized carbons (Fsp3) is 0.400. The van der Waals surface area contributed by atoms with E-state index in [1.54, 1.807) is 18.2 Å². The molecule has 1 aromatic rings. The van der Waals surface area contributed by atoms with Crippen LogP contribution in [-0.2, 0) is 4.74 Å². The number of hydrogen-bond donors (Lipinski definition) is 3. The molecule has 3 rings (SSSR count). The van der Waals surface area contributed by atoms with E-state index in [-0.39, 0.29) is 17.9 Å². The van der Waals surface area contributed by atoms with Crippen LogP contribution in [0.15, 0.2) is 58.5 Å². The zero-order chi connectivity index (χ0) is 20.1. The number of amidine groups is 1. The number of guanidine groups is 1. The van der Waals surface area contributed by atoms with E-state index in [9.17, 15) is 4.39 Å². The number of anilines is 1. The summed E-state index contributed by atoms with van der Waals surface area (Å²) in [6.07, 6.45) is 3.22. The van der Waals surface area contributed by atoms with Gasteiger partial charge in [-0.25, -0.2) is 14.4 Å². The summed E-state index contributed by atoms with van der Waals surface area (Å²) in [5, 5.41) is 6.38. The molecule has 4 N–H and O–H groups in total. The Morgan fingerprint density at radius 2 is 2.11 bits per heavy atom. The molecule has 1 aromatic carbocycles. The number of nitrogens with one attached hydrogen (secondary N) is 2. The lowest BCUT2D eigenvalue weighted by Gasteiger charge is -2.27. The first-order valence-electron chi connectivity index (χ1n) is 9.43. The predicted octanol–water partition coefficient (Wildman–Crippen LogP) is 2.76. The average Bonchev–Trinajstić information content (AvgIpc) is 3.01.